The van der Waals surface area contributed by atoms with Gasteiger partial charge in [-0.3, -0.25) is 4.79 Å². The molecule has 11 N–H and O–H groups in total. The predicted octanol–water partition coefficient (Wildman–Crippen LogP) is 0.387. The van der Waals surface area contributed by atoms with Crippen LogP contribution in [0, 0.1) is 56.2 Å². The second kappa shape index (κ2) is 18.3. The van der Waals surface area contributed by atoms with Gasteiger partial charge in [0.2, 0.25) is 6.29 Å². The number of aliphatic hydroxyl groups excluding tert-OH is 11. The maximum absolute atomic E-state index is 14.5. The zero-order valence-corrected chi connectivity index (χ0v) is 40.4. The molecule has 8 rings (SSSR count). The van der Waals surface area contributed by atoms with Crippen molar-refractivity contribution in [3.05, 3.63) is 11.6 Å². The van der Waals surface area contributed by atoms with E-state index in [9.17, 15) is 61.0 Å². The topological polar surface area (TPSA) is 295 Å². The van der Waals surface area contributed by atoms with E-state index in [4.69, 9.17) is 28.4 Å². The van der Waals surface area contributed by atoms with Crippen LogP contribution < -0.4 is 0 Å². The van der Waals surface area contributed by atoms with Gasteiger partial charge < -0.3 is 84.6 Å². The van der Waals surface area contributed by atoms with Gasteiger partial charge >= 0.3 is 5.97 Å². The van der Waals surface area contributed by atoms with Crippen LogP contribution in [0.1, 0.15) is 113 Å². The Morgan fingerprint density at radius 3 is 2.00 bits per heavy atom. The number of carbonyl (C=O) groups excluding carboxylic acids is 1. The molecular formula is C49H80O18. The van der Waals surface area contributed by atoms with Crippen molar-refractivity contribution in [1.29, 1.82) is 0 Å². The lowest BCUT2D eigenvalue weighted by atomic mass is 9.29. The van der Waals surface area contributed by atoms with Gasteiger partial charge in [0, 0.05) is 5.41 Å². The minimum Gasteiger partial charge on any atom is -0.432 e. The van der Waals surface area contributed by atoms with Gasteiger partial charge in [0.25, 0.3) is 0 Å². The number of aliphatic hydroxyl groups is 11. The zero-order chi connectivity index (χ0) is 49.1. The number of allylic oxidation sites excluding steroid dienone is 2. The molecule has 0 radical (unpaired) electrons. The number of esters is 1. The van der Waals surface area contributed by atoms with Crippen LogP contribution in [-0.4, -0.2) is 180 Å². The van der Waals surface area contributed by atoms with Crippen LogP contribution in [0.2, 0.25) is 0 Å². The van der Waals surface area contributed by atoms with Gasteiger partial charge in [-0.25, -0.2) is 0 Å². The molecule has 25 atom stereocenters. The average Bonchev–Trinajstić information content (AvgIpc) is 3.28. The fraction of sp³-hybridized carbons (Fsp3) is 0.939. The summed E-state index contributed by atoms with van der Waals surface area (Å²) in [6, 6.07) is 0. The van der Waals surface area contributed by atoms with E-state index in [0.717, 1.165) is 44.9 Å². The fourth-order valence-electron chi connectivity index (χ4n) is 15.4. The minimum absolute atomic E-state index is 0.0492. The van der Waals surface area contributed by atoms with E-state index in [1.165, 1.54) is 12.5 Å². The summed E-state index contributed by atoms with van der Waals surface area (Å²) in [6.45, 7) is 16.2. The van der Waals surface area contributed by atoms with E-state index in [-0.39, 0.29) is 51.4 Å². The number of fused-ring (bicyclic) bond motifs is 7. The fourth-order valence-corrected chi connectivity index (χ4v) is 15.4. The van der Waals surface area contributed by atoms with Crippen LogP contribution in [0.3, 0.4) is 0 Å². The molecule has 384 valence electrons. The summed E-state index contributed by atoms with van der Waals surface area (Å²) >= 11 is 0. The van der Waals surface area contributed by atoms with Crippen LogP contribution >= 0.6 is 0 Å². The van der Waals surface area contributed by atoms with Gasteiger partial charge in [-0.2, -0.15) is 0 Å². The summed E-state index contributed by atoms with van der Waals surface area (Å²) in [6.07, 6.45) is -14.8. The van der Waals surface area contributed by atoms with E-state index in [1.54, 1.807) is 0 Å². The van der Waals surface area contributed by atoms with Crippen LogP contribution in [0.5, 0.6) is 0 Å². The van der Waals surface area contributed by atoms with Crippen molar-refractivity contribution in [2.45, 2.75) is 211 Å². The first-order chi connectivity index (χ1) is 31.2. The second-order valence-corrected chi connectivity index (χ2v) is 23.8. The van der Waals surface area contributed by atoms with Crippen molar-refractivity contribution < 1.29 is 89.4 Å². The summed E-state index contributed by atoms with van der Waals surface area (Å²) in [7, 11) is 0. The van der Waals surface area contributed by atoms with E-state index < -0.39 is 129 Å². The summed E-state index contributed by atoms with van der Waals surface area (Å²) in [5.74, 6) is -0.960. The molecule has 8 aliphatic rings. The molecule has 3 aliphatic heterocycles. The van der Waals surface area contributed by atoms with E-state index in [0.29, 0.717) is 12.8 Å². The van der Waals surface area contributed by atoms with Crippen molar-refractivity contribution >= 4 is 5.97 Å². The molecule has 3 saturated heterocycles. The highest BCUT2D eigenvalue weighted by molar-refractivity contribution is 5.73. The van der Waals surface area contributed by atoms with Crippen LogP contribution in [0.4, 0.5) is 0 Å². The number of hydrogen-bond donors (Lipinski definition) is 11. The SMILES string of the molecule is C[C@@H]1O[C@@H](O[C@H]2[C@H](O)[C@@H](O)[C@H](OC[C@H]3O[C@@H](OC(=O)[C@H]4CC(C)(C)C[C@H]5C6=CC[C@@]7(C)[C@@](C)(CC[C@H]8[C@](C)(CO)[C@@H](O)CC[C@@]87C)[C@]6(C)CC[C@@H]45)[C@H](O)[C@@H](O)[C@@H]3O)O[C@@H]2CO)[C@H](O)[C@H](O)[C@H]1O. The monoisotopic (exact) mass is 957 g/mol. The quantitative estimate of drug-likeness (QED) is 0.110. The van der Waals surface area contributed by atoms with Crippen molar-refractivity contribution in [1.82, 2.24) is 0 Å². The van der Waals surface area contributed by atoms with Crippen LogP contribution in [0.25, 0.3) is 0 Å². The molecule has 5 aliphatic carbocycles. The van der Waals surface area contributed by atoms with Crippen molar-refractivity contribution in [3.63, 3.8) is 0 Å². The maximum atomic E-state index is 14.5. The van der Waals surface area contributed by atoms with E-state index in [2.05, 4.69) is 54.5 Å². The predicted molar refractivity (Wildman–Crippen MR) is 235 cm³/mol. The van der Waals surface area contributed by atoms with Gasteiger partial charge in [0.1, 0.15) is 67.1 Å². The molecule has 18 nitrogen and oxygen atoms in total. The molecular weight excluding hydrogens is 877 g/mol. The summed E-state index contributed by atoms with van der Waals surface area (Å²) in [5, 5.41) is 118. The van der Waals surface area contributed by atoms with Gasteiger partial charge in [-0.15, -0.1) is 0 Å². The molecule has 3 heterocycles. The number of carbonyl (C=O) groups is 1. The lowest BCUT2D eigenvalue weighted by Gasteiger charge is -2.75. The minimum atomic E-state index is -1.84. The third kappa shape index (κ3) is 8.02. The lowest BCUT2D eigenvalue weighted by molar-refractivity contribution is -0.361. The Bertz CT molecular complexity index is 1830. The Labute approximate surface area is 393 Å². The molecule has 0 aromatic carbocycles. The van der Waals surface area contributed by atoms with Crippen LogP contribution in [0.15, 0.2) is 11.6 Å². The third-order valence-corrected chi connectivity index (χ3v) is 20.1. The molecule has 67 heavy (non-hydrogen) atoms. The Morgan fingerprint density at radius 1 is 0.687 bits per heavy atom. The standard InChI is InChI=1S/C49H80O18/c1-22-31(53)33(55)36(58)42(63-22)66-39-27(19-50)64-41(38(60)35(39)57)62-20-28-32(54)34(56)37(59)43(65-28)67-40(61)25-18-44(2,3)17-24-23(25)9-13-46(5)26(24)10-15-49(8)47(6)14-12-30(52)45(4,21-51)29(47)11-16-48(46,49)7/h10,22-25,27-39,41-43,50-60H,9,11-21H2,1-8H3/t22-,23+,24+,25-,27+,28+,29-,30-,31-,32+,33+,34-,35+,36+,37+,38+,39+,41+,42-,43-,45-,46+,47-,48-,49+/m0/s1. The van der Waals surface area contributed by atoms with Crippen molar-refractivity contribution in [2.75, 3.05) is 19.8 Å². The van der Waals surface area contributed by atoms with Gasteiger partial charge in [-0.1, -0.05) is 60.1 Å². The second-order valence-electron chi connectivity index (χ2n) is 23.8. The van der Waals surface area contributed by atoms with Gasteiger partial charge in [-0.05, 0) is 110 Å². The van der Waals surface area contributed by atoms with Crippen molar-refractivity contribution in [3.8, 4) is 0 Å². The normalized spacial score (nSPS) is 55.2. The molecule has 0 aromatic heterocycles. The Balaban J connectivity index is 0.952. The molecule has 0 aromatic rings. The summed E-state index contributed by atoms with van der Waals surface area (Å²) in [4.78, 5) is 14.5. The first-order valence-electron chi connectivity index (χ1n) is 24.7. The Hall–Kier alpha value is -1.43. The first-order valence-corrected chi connectivity index (χ1v) is 24.7. The molecule has 0 unspecified atom stereocenters. The van der Waals surface area contributed by atoms with E-state index in [1.807, 2.05) is 0 Å². The van der Waals surface area contributed by atoms with Gasteiger partial charge in [0.05, 0.1) is 37.9 Å². The van der Waals surface area contributed by atoms with Gasteiger partial charge in [0.15, 0.2) is 12.6 Å². The lowest BCUT2D eigenvalue weighted by Crippen LogP contribution is -2.69. The van der Waals surface area contributed by atoms with E-state index >= 15 is 0 Å². The molecule has 18 heteroatoms. The Kier molecular flexibility index (Phi) is 14.1. The highest BCUT2D eigenvalue weighted by atomic mass is 16.8. The first kappa shape index (κ1) is 51.9. The Morgan fingerprint density at radius 2 is 1.33 bits per heavy atom. The number of ether oxygens (including phenoxy) is 6. The zero-order valence-electron chi connectivity index (χ0n) is 40.4. The maximum Gasteiger partial charge on any atom is 0.311 e. The summed E-state index contributed by atoms with van der Waals surface area (Å²) in [5.41, 5.74) is 0.0596. The highest BCUT2D eigenvalue weighted by Gasteiger charge is 2.73. The molecule has 0 spiro atoms. The summed E-state index contributed by atoms with van der Waals surface area (Å²) < 4.78 is 34.5. The number of hydrogen-bond acceptors (Lipinski definition) is 18. The molecule has 4 saturated carbocycles. The molecule has 0 amide bonds. The largest absolute Gasteiger partial charge is 0.432 e. The smallest absolute Gasteiger partial charge is 0.311 e. The highest BCUT2D eigenvalue weighted by Crippen LogP contribution is 2.79. The molecule has 7 fully saturated rings. The van der Waals surface area contributed by atoms with Crippen molar-refractivity contribution in [2.24, 2.45) is 56.2 Å². The molecule has 0 bridgehead atoms. The van der Waals surface area contributed by atoms with Crippen LogP contribution in [-0.2, 0) is 33.2 Å². The number of rotatable bonds is 9. The third-order valence-electron chi connectivity index (χ3n) is 20.1. The average molecular weight is 957 g/mol.